The molecule has 1 aromatic heterocycles. The van der Waals surface area contributed by atoms with Gasteiger partial charge in [-0.1, -0.05) is 59.4 Å². The van der Waals surface area contributed by atoms with Crippen LogP contribution in [0.1, 0.15) is 25.1 Å². The number of para-hydroxylation sites is 1. The first-order valence-electron chi connectivity index (χ1n) is 8.92. The van der Waals surface area contributed by atoms with E-state index in [0.717, 1.165) is 21.9 Å². The maximum Gasteiger partial charge on any atom is 0.235 e. The van der Waals surface area contributed by atoms with Crippen molar-refractivity contribution in [3.63, 3.8) is 0 Å². The zero-order chi connectivity index (χ0) is 18.9. The Bertz CT molecular complexity index is 995. The van der Waals surface area contributed by atoms with Gasteiger partial charge in [0.15, 0.2) is 10.8 Å². The standard InChI is InChI=1S/C21H21N3O2S/c1-21(2)14-27-20(22-13-15-8-4-3-5-9-15)24(21)19(25)12-17-16-10-6-7-11-18(16)26-23-17/h3-11H,12-14H2,1-2H3. The lowest BCUT2D eigenvalue weighted by atomic mass is 10.1. The fraction of sp³-hybridized carbons (Fsp3) is 0.286. The van der Waals surface area contributed by atoms with E-state index in [4.69, 9.17) is 9.52 Å². The number of amidine groups is 1. The van der Waals surface area contributed by atoms with Gasteiger partial charge in [0.05, 0.1) is 18.5 Å². The molecule has 0 unspecified atom stereocenters. The molecule has 2 aromatic carbocycles. The summed E-state index contributed by atoms with van der Waals surface area (Å²) in [6.07, 6.45) is 0.200. The number of carbonyl (C=O) groups excluding carboxylic acids is 1. The number of thioether (sulfide) groups is 1. The lowest BCUT2D eigenvalue weighted by molar-refractivity contribution is -0.129. The molecule has 6 heteroatoms. The van der Waals surface area contributed by atoms with Crippen molar-refractivity contribution in [3.05, 3.63) is 65.9 Å². The summed E-state index contributed by atoms with van der Waals surface area (Å²) < 4.78 is 5.34. The molecule has 5 nitrogen and oxygen atoms in total. The third kappa shape index (κ3) is 3.62. The second-order valence-corrected chi connectivity index (χ2v) is 8.16. The number of aliphatic imine (C=N–C) groups is 1. The highest BCUT2D eigenvalue weighted by Gasteiger charge is 2.41. The quantitative estimate of drug-likeness (QED) is 0.679. The SMILES string of the molecule is CC1(C)CSC(=NCc2ccccc2)N1C(=O)Cc1noc2ccccc12. The lowest BCUT2D eigenvalue weighted by Gasteiger charge is -2.30. The maximum absolute atomic E-state index is 13.1. The molecule has 138 valence electrons. The van der Waals surface area contributed by atoms with Crippen molar-refractivity contribution < 1.29 is 9.32 Å². The fourth-order valence-electron chi connectivity index (χ4n) is 3.22. The Kier molecular flexibility index (Phi) is 4.74. The van der Waals surface area contributed by atoms with Crippen LogP contribution < -0.4 is 0 Å². The molecule has 0 saturated carbocycles. The summed E-state index contributed by atoms with van der Waals surface area (Å²) in [4.78, 5) is 19.7. The van der Waals surface area contributed by atoms with Crippen molar-refractivity contribution in [3.8, 4) is 0 Å². The van der Waals surface area contributed by atoms with Gasteiger partial charge in [0, 0.05) is 11.1 Å². The Morgan fingerprint density at radius 1 is 1.19 bits per heavy atom. The molecule has 0 spiro atoms. The summed E-state index contributed by atoms with van der Waals surface area (Å²) in [5.74, 6) is 0.821. The zero-order valence-electron chi connectivity index (χ0n) is 15.4. The highest BCUT2D eigenvalue weighted by Crippen LogP contribution is 2.34. The average Bonchev–Trinajstić information content (AvgIpc) is 3.21. The van der Waals surface area contributed by atoms with Gasteiger partial charge in [0.1, 0.15) is 5.69 Å². The number of amides is 1. The minimum absolute atomic E-state index is 0.00383. The van der Waals surface area contributed by atoms with Crippen molar-refractivity contribution in [1.82, 2.24) is 10.1 Å². The molecule has 0 N–H and O–H groups in total. The van der Waals surface area contributed by atoms with Gasteiger partial charge in [-0.2, -0.15) is 0 Å². The van der Waals surface area contributed by atoms with Crippen molar-refractivity contribution in [2.24, 2.45) is 4.99 Å². The molecule has 1 amide bonds. The van der Waals surface area contributed by atoms with E-state index in [9.17, 15) is 4.79 Å². The summed E-state index contributed by atoms with van der Waals surface area (Å²) >= 11 is 1.63. The van der Waals surface area contributed by atoms with Crippen LogP contribution in [-0.4, -0.2) is 32.4 Å². The third-order valence-corrected chi connectivity index (χ3v) is 6.03. The van der Waals surface area contributed by atoms with E-state index >= 15 is 0 Å². The van der Waals surface area contributed by atoms with Crippen LogP contribution in [0.3, 0.4) is 0 Å². The van der Waals surface area contributed by atoms with E-state index in [2.05, 4.69) is 19.0 Å². The van der Waals surface area contributed by atoms with Gasteiger partial charge >= 0.3 is 0 Å². The maximum atomic E-state index is 13.1. The number of hydrogen-bond acceptors (Lipinski definition) is 5. The number of benzene rings is 2. The molecule has 0 bridgehead atoms. The second kappa shape index (κ2) is 7.19. The number of hydrogen-bond donors (Lipinski definition) is 0. The molecule has 27 heavy (non-hydrogen) atoms. The highest BCUT2D eigenvalue weighted by atomic mass is 32.2. The van der Waals surface area contributed by atoms with Gasteiger partial charge < -0.3 is 4.52 Å². The Morgan fingerprint density at radius 2 is 1.93 bits per heavy atom. The van der Waals surface area contributed by atoms with Gasteiger partial charge in [-0.05, 0) is 31.5 Å². The number of carbonyl (C=O) groups is 1. The largest absolute Gasteiger partial charge is 0.356 e. The Balaban J connectivity index is 1.57. The van der Waals surface area contributed by atoms with E-state index in [0.29, 0.717) is 17.8 Å². The van der Waals surface area contributed by atoms with Gasteiger partial charge in [0.2, 0.25) is 5.91 Å². The monoisotopic (exact) mass is 379 g/mol. The van der Waals surface area contributed by atoms with E-state index in [-0.39, 0.29) is 17.9 Å². The molecule has 1 saturated heterocycles. The normalized spacial score (nSPS) is 17.7. The van der Waals surface area contributed by atoms with Crippen LogP contribution in [0.4, 0.5) is 0 Å². The van der Waals surface area contributed by atoms with Gasteiger partial charge in [-0.15, -0.1) is 0 Å². The Morgan fingerprint density at radius 3 is 2.74 bits per heavy atom. The second-order valence-electron chi connectivity index (χ2n) is 7.22. The Labute approximate surface area is 162 Å². The summed E-state index contributed by atoms with van der Waals surface area (Å²) in [7, 11) is 0. The van der Waals surface area contributed by atoms with Crippen LogP contribution in [0.15, 0.2) is 64.1 Å². The molecular weight excluding hydrogens is 358 g/mol. The van der Waals surface area contributed by atoms with Gasteiger partial charge in [0.25, 0.3) is 0 Å². The predicted molar refractivity (Wildman–Crippen MR) is 109 cm³/mol. The molecule has 3 aromatic rings. The molecule has 2 heterocycles. The smallest absolute Gasteiger partial charge is 0.235 e. The Hall–Kier alpha value is -2.60. The van der Waals surface area contributed by atoms with Crippen molar-refractivity contribution >= 4 is 33.8 Å². The number of rotatable bonds is 4. The van der Waals surface area contributed by atoms with E-state index < -0.39 is 0 Å². The lowest BCUT2D eigenvalue weighted by Crippen LogP contribution is -2.47. The van der Waals surface area contributed by atoms with Crippen LogP contribution in [0.2, 0.25) is 0 Å². The average molecular weight is 379 g/mol. The van der Waals surface area contributed by atoms with Crippen molar-refractivity contribution in [2.75, 3.05) is 5.75 Å². The number of fused-ring (bicyclic) bond motifs is 1. The first-order chi connectivity index (χ1) is 13.0. The predicted octanol–water partition coefficient (Wildman–Crippen LogP) is 4.28. The van der Waals surface area contributed by atoms with Crippen molar-refractivity contribution in [2.45, 2.75) is 32.4 Å². The molecule has 4 rings (SSSR count). The first-order valence-corrected chi connectivity index (χ1v) is 9.91. The van der Waals surface area contributed by atoms with E-state index in [1.54, 1.807) is 11.8 Å². The molecule has 0 aliphatic carbocycles. The van der Waals surface area contributed by atoms with Crippen LogP contribution in [0.25, 0.3) is 11.0 Å². The number of aromatic nitrogens is 1. The molecular formula is C21H21N3O2S. The summed E-state index contributed by atoms with van der Waals surface area (Å²) in [6, 6.07) is 17.7. The van der Waals surface area contributed by atoms with Crippen LogP contribution >= 0.6 is 11.8 Å². The summed E-state index contributed by atoms with van der Waals surface area (Å²) in [6.45, 7) is 4.71. The molecule has 1 aliphatic rings. The number of nitrogens with zero attached hydrogens (tertiary/aromatic N) is 3. The van der Waals surface area contributed by atoms with E-state index in [1.165, 1.54) is 0 Å². The topological polar surface area (TPSA) is 58.7 Å². The zero-order valence-corrected chi connectivity index (χ0v) is 16.2. The van der Waals surface area contributed by atoms with Gasteiger partial charge in [-0.25, -0.2) is 0 Å². The summed E-state index contributed by atoms with van der Waals surface area (Å²) in [5.41, 5.74) is 2.22. The molecule has 1 aliphatic heterocycles. The van der Waals surface area contributed by atoms with Crippen LogP contribution in [0, 0.1) is 0 Å². The molecule has 0 atom stereocenters. The summed E-state index contributed by atoms with van der Waals surface area (Å²) in [5, 5.41) is 5.77. The minimum atomic E-state index is -0.281. The third-order valence-electron chi connectivity index (χ3n) is 4.61. The highest BCUT2D eigenvalue weighted by molar-refractivity contribution is 8.14. The minimum Gasteiger partial charge on any atom is -0.356 e. The van der Waals surface area contributed by atoms with E-state index in [1.807, 2.05) is 59.5 Å². The first kappa shape index (κ1) is 17.8. The van der Waals surface area contributed by atoms with Crippen LogP contribution in [0.5, 0.6) is 0 Å². The van der Waals surface area contributed by atoms with Crippen molar-refractivity contribution in [1.29, 1.82) is 0 Å². The molecule has 0 radical (unpaired) electrons. The van der Waals surface area contributed by atoms with Crippen LogP contribution in [-0.2, 0) is 17.8 Å². The molecule has 1 fully saturated rings. The fourth-order valence-corrected chi connectivity index (χ4v) is 4.47. The van der Waals surface area contributed by atoms with Gasteiger partial charge in [-0.3, -0.25) is 14.7 Å².